The minimum absolute atomic E-state index is 0.0446. The second-order valence-electron chi connectivity index (χ2n) is 4.23. The number of hydrogen-bond donors (Lipinski definition) is 1. The lowest BCUT2D eigenvalue weighted by molar-refractivity contribution is -0.170. The van der Waals surface area contributed by atoms with E-state index in [0.717, 1.165) is 0 Å². The van der Waals surface area contributed by atoms with Gasteiger partial charge in [0.2, 0.25) is 6.79 Å². The zero-order valence-electron chi connectivity index (χ0n) is 10.3. The number of amides is 1. The van der Waals surface area contributed by atoms with Crippen molar-refractivity contribution in [3.63, 3.8) is 0 Å². The van der Waals surface area contributed by atoms with Gasteiger partial charge < -0.3 is 14.8 Å². The third-order valence-corrected chi connectivity index (χ3v) is 2.82. The van der Waals surface area contributed by atoms with Gasteiger partial charge in [0, 0.05) is 0 Å². The summed E-state index contributed by atoms with van der Waals surface area (Å²) in [5.41, 5.74) is 0.438. The summed E-state index contributed by atoms with van der Waals surface area (Å²) in [5.74, 6) is -5.84. The van der Waals surface area contributed by atoms with Crippen molar-refractivity contribution in [3.05, 3.63) is 23.8 Å². The van der Waals surface area contributed by atoms with Gasteiger partial charge in [-0.15, -0.1) is 0 Å². The van der Waals surface area contributed by atoms with Crippen LogP contribution < -0.4 is 14.8 Å². The monoisotopic (exact) mass is 293 g/mol. The number of nitrogens with one attached hydrogen (secondary N) is 1. The fourth-order valence-electron chi connectivity index (χ4n) is 1.66. The van der Waals surface area contributed by atoms with E-state index in [1.54, 1.807) is 6.07 Å². The summed E-state index contributed by atoms with van der Waals surface area (Å²) in [6, 6.07) is 3.69. The van der Waals surface area contributed by atoms with Crippen LogP contribution in [0.3, 0.4) is 0 Å². The van der Waals surface area contributed by atoms with Gasteiger partial charge in [-0.3, -0.25) is 4.79 Å². The maximum atomic E-state index is 12.8. The molecule has 0 bridgehead atoms. The summed E-state index contributed by atoms with van der Waals surface area (Å²) in [7, 11) is 0. The molecule has 8 heteroatoms. The molecule has 0 radical (unpaired) electrons. The molecule has 1 aliphatic rings. The molecule has 0 spiro atoms. The van der Waals surface area contributed by atoms with Crippen LogP contribution in [0.1, 0.15) is 18.5 Å². The molecule has 1 heterocycles. The van der Waals surface area contributed by atoms with E-state index in [2.05, 4.69) is 0 Å². The molecule has 0 saturated heterocycles. The molecule has 20 heavy (non-hydrogen) atoms. The van der Waals surface area contributed by atoms with Gasteiger partial charge in [0.25, 0.3) is 5.91 Å². The molecule has 110 valence electrons. The molecule has 1 aromatic rings. The maximum absolute atomic E-state index is 12.8. The molecular weight excluding hydrogens is 282 g/mol. The van der Waals surface area contributed by atoms with Crippen LogP contribution in [-0.4, -0.2) is 25.0 Å². The number of carbonyl (C=O) groups excluding carboxylic acids is 1. The van der Waals surface area contributed by atoms with Crippen LogP contribution >= 0.6 is 0 Å². The van der Waals surface area contributed by atoms with Crippen molar-refractivity contribution in [1.82, 2.24) is 5.32 Å². The van der Waals surface area contributed by atoms with Crippen molar-refractivity contribution in [2.75, 3.05) is 6.79 Å². The fraction of sp³-hybridized carbons (Fsp3) is 0.417. The number of carbonyl (C=O) groups is 1. The van der Waals surface area contributed by atoms with Gasteiger partial charge in [0.15, 0.2) is 11.5 Å². The van der Waals surface area contributed by atoms with Crippen molar-refractivity contribution in [2.24, 2.45) is 0 Å². The molecule has 0 fully saturated rings. The van der Waals surface area contributed by atoms with Crippen molar-refractivity contribution in [2.45, 2.75) is 25.3 Å². The highest BCUT2D eigenvalue weighted by molar-refractivity contribution is 5.84. The van der Waals surface area contributed by atoms with Crippen LogP contribution in [0.5, 0.6) is 11.5 Å². The normalized spacial score (nSPS) is 15.3. The van der Waals surface area contributed by atoms with Gasteiger partial charge in [-0.05, 0) is 24.6 Å². The van der Waals surface area contributed by atoms with Crippen molar-refractivity contribution >= 4 is 5.91 Å². The molecule has 0 aromatic heterocycles. The summed E-state index contributed by atoms with van der Waals surface area (Å²) in [6.45, 7) is 1.44. The highest BCUT2D eigenvalue weighted by atomic mass is 19.3. The van der Waals surface area contributed by atoms with Crippen LogP contribution in [0, 0.1) is 0 Å². The fourth-order valence-corrected chi connectivity index (χ4v) is 1.66. The Hall–Kier alpha value is -1.99. The Labute approximate surface area is 111 Å². The van der Waals surface area contributed by atoms with E-state index in [9.17, 15) is 22.4 Å². The molecule has 1 atom stereocenters. The summed E-state index contributed by atoms with van der Waals surface area (Å²) < 4.78 is 59.9. The highest BCUT2D eigenvalue weighted by Gasteiger charge is 2.49. The number of rotatable bonds is 4. The zero-order valence-corrected chi connectivity index (χ0v) is 10.3. The smallest absolute Gasteiger partial charge is 0.383 e. The average molecular weight is 293 g/mol. The van der Waals surface area contributed by atoms with Gasteiger partial charge in [-0.2, -0.15) is 8.78 Å². The Morgan fingerprint density at radius 1 is 1.30 bits per heavy atom. The third-order valence-electron chi connectivity index (χ3n) is 2.82. The molecular formula is C12H11F4NO3. The van der Waals surface area contributed by atoms with Gasteiger partial charge in [-0.25, -0.2) is 8.78 Å². The highest BCUT2D eigenvalue weighted by Crippen LogP contribution is 2.34. The van der Waals surface area contributed by atoms with Gasteiger partial charge in [-0.1, -0.05) is 6.07 Å². The first kappa shape index (κ1) is 14.4. The summed E-state index contributed by atoms with van der Waals surface area (Å²) in [4.78, 5) is 11.1. The topological polar surface area (TPSA) is 47.6 Å². The first-order chi connectivity index (χ1) is 9.32. The number of halogens is 4. The number of alkyl halides is 4. The predicted octanol–water partition coefficient (Wildman–Crippen LogP) is 2.49. The van der Waals surface area contributed by atoms with E-state index in [4.69, 9.17) is 9.47 Å². The van der Waals surface area contributed by atoms with E-state index in [-0.39, 0.29) is 6.79 Å². The lowest BCUT2D eigenvalue weighted by Gasteiger charge is -2.19. The molecule has 1 aromatic carbocycles. The summed E-state index contributed by atoms with van der Waals surface area (Å²) in [5, 5.41) is 1.84. The minimum Gasteiger partial charge on any atom is -0.454 e. The van der Waals surface area contributed by atoms with E-state index < -0.39 is 24.3 Å². The summed E-state index contributed by atoms with van der Waals surface area (Å²) in [6.07, 6.45) is -4.05. The Bertz CT molecular complexity index is 521. The quantitative estimate of drug-likeness (QED) is 0.868. The Balaban J connectivity index is 2.09. The lowest BCUT2D eigenvalue weighted by atomic mass is 10.1. The molecule has 1 unspecified atom stereocenters. The molecule has 1 aliphatic heterocycles. The van der Waals surface area contributed by atoms with Crippen LogP contribution in [0.15, 0.2) is 18.2 Å². The summed E-state index contributed by atoms with van der Waals surface area (Å²) >= 11 is 0. The molecule has 0 aliphatic carbocycles. The van der Waals surface area contributed by atoms with Crippen LogP contribution in [-0.2, 0) is 4.79 Å². The standard InChI is InChI=1S/C12H11F4NO3/c1-6(17-11(18)12(15,16)10(13)14)7-2-3-8-9(4-7)20-5-19-8/h2-4,6,10H,5H2,1H3,(H,17,18). The molecule has 2 rings (SSSR count). The van der Waals surface area contributed by atoms with E-state index in [1.807, 2.05) is 5.32 Å². The lowest BCUT2D eigenvalue weighted by Crippen LogP contribution is -2.45. The van der Waals surface area contributed by atoms with Crippen LogP contribution in [0.4, 0.5) is 17.6 Å². The first-order valence-corrected chi connectivity index (χ1v) is 5.69. The van der Waals surface area contributed by atoms with Crippen molar-refractivity contribution in [3.8, 4) is 11.5 Å². The molecule has 1 amide bonds. The second-order valence-corrected chi connectivity index (χ2v) is 4.23. The number of hydrogen-bond acceptors (Lipinski definition) is 3. The van der Waals surface area contributed by atoms with Gasteiger partial charge in [0.05, 0.1) is 6.04 Å². The molecule has 1 N–H and O–H groups in total. The molecule has 0 saturated carbocycles. The van der Waals surface area contributed by atoms with E-state index in [0.29, 0.717) is 17.1 Å². The first-order valence-electron chi connectivity index (χ1n) is 5.69. The number of fused-ring (bicyclic) bond motifs is 1. The Kier molecular flexibility index (Phi) is 3.74. The van der Waals surface area contributed by atoms with Crippen molar-refractivity contribution in [1.29, 1.82) is 0 Å². The van der Waals surface area contributed by atoms with Gasteiger partial charge >= 0.3 is 12.3 Å². The molecule has 4 nitrogen and oxygen atoms in total. The predicted molar refractivity (Wildman–Crippen MR) is 60.1 cm³/mol. The maximum Gasteiger partial charge on any atom is 0.383 e. The average Bonchev–Trinajstić information content (AvgIpc) is 2.85. The second kappa shape index (κ2) is 5.18. The van der Waals surface area contributed by atoms with E-state index >= 15 is 0 Å². The van der Waals surface area contributed by atoms with Gasteiger partial charge in [0.1, 0.15) is 0 Å². The van der Waals surface area contributed by atoms with Crippen LogP contribution in [0.2, 0.25) is 0 Å². The number of benzene rings is 1. The van der Waals surface area contributed by atoms with Crippen molar-refractivity contribution < 1.29 is 31.8 Å². The Morgan fingerprint density at radius 2 is 1.95 bits per heavy atom. The van der Waals surface area contributed by atoms with E-state index in [1.165, 1.54) is 19.1 Å². The zero-order chi connectivity index (χ0) is 14.9. The minimum atomic E-state index is -4.72. The number of ether oxygens (including phenoxy) is 2. The third kappa shape index (κ3) is 2.63. The SMILES string of the molecule is CC(NC(=O)C(F)(F)C(F)F)c1ccc2c(c1)OCO2. The Morgan fingerprint density at radius 3 is 2.60 bits per heavy atom. The van der Waals surface area contributed by atoms with Crippen LogP contribution in [0.25, 0.3) is 0 Å². The largest absolute Gasteiger partial charge is 0.454 e.